The molecule has 6 heteroatoms. The molecule has 2 fully saturated rings. The maximum absolute atomic E-state index is 13.9. The van der Waals surface area contributed by atoms with Gasteiger partial charge in [-0.2, -0.15) is 0 Å². The number of benzene rings is 3. The number of nitrogens with zero attached hydrogens (tertiary/aromatic N) is 2. The topological polar surface area (TPSA) is 59.1 Å². The molecule has 2 aliphatic rings. The van der Waals surface area contributed by atoms with Crippen molar-refractivity contribution in [1.82, 2.24) is 0 Å². The maximum Gasteiger partial charge on any atom is 0.266 e. The number of para-hydroxylation sites is 1. The van der Waals surface area contributed by atoms with Gasteiger partial charge >= 0.3 is 0 Å². The number of aryl methyl sites for hydroxylation is 1. The summed E-state index contributed by atoms with van der Waals surface area (Å²) >= 11 is 0. The normalized spacial score (nSPS) is 24.7. The Morgan fingerprint density at radius 2 is 1.53 bits per heavy atom. The highest BCUT2D eigenvalue weighted by Gasteiger charge is 2.68. The smallest absolute Gasteiger partial charge is 0.266 e. The van der Waals surface area contributed by atoms with E-state index >= 15 is 0 Å². The monoisotopic (exact) mass is 428 g/mol. The van der Waals surface area contributed by atoms with Crippen molar-refractivity contribution in [2.24, 2.45) is 5.41 Å². The minimum Gasteiger partial charge on any atom is -0.497 e. The Labute approximate surface area is 186 Å². The average Bonchev–Trinajstić information content (AvgIpc) is 3.23. The molecule has 2 amide bonds. The summed E-state index contributed by atoms with van der Waals surface area (Å²) in [6.07, 6.45) is -0.927. The summed E-state index contributed by atoms with van der Waals surface area (Å²) in [6, 6.07) is 24.0. The molecule has 32 heavy (non-hydrogen) atoms. The summed E-state index contributed by atoms with van der Waals surface area (Å²) in [5.41, 5.74) is 2.16. The van der Waals surface area contributed by atoms with Crippen LogP contribution in [0.1, 0.15) is 24.1 Å². The fourth-order valence-corrected chi connectivity index (χ4v) is 4.65. The molecule has 0 saturated carbocycles. The molecule has 3 atom stereocenters. The van der Waals surface area contributed by atoms with Crippen molar-refractivity contribution in [3.8, 4) is 5.75 Å². The summed E-state index contributed by atoms with van der Waals surface area (Å²) in [6.45, 7) is 3.79. The molecule has 2 heterocycles. The highest BCUT2D eigenvalue weighted by Crippen LogP contribution is 2.55. The number of carbonyl (C=O) groups is 2. The second kappa shape index (κ2) is 7.50. The summed E-state index contributed by atoms with van der Waals surface area (Å²) in [5.74, 6) is 0.102. The molecule has 0 N–H and O–H groups in total. The predicted octanol–water partition coefficient (Wildman–Crippen LogP) is 4.44. The van der Waals surface area contributed by atoms with Gasteiger partial charge in [0.05, 0.1) is 24.5 Å². The van der Waals surface area contributed by atoms with Gasteiger partial charge in [-0.05, 0) is 55.8 Å². The van der Waals surface area contributed by atoms with Gasteiger partial charge < -0.3 is 4.74 Å². The van der Waals surface area contributed by atoms with Crippen LogP contribution >= 0.6 is 0 Å². The van der Waals surface area contributed by atoms with E-state index in [0.29, 0.717) is 5.69 Å². The molecular formula is C26H24N2O4. The molecule has 0 aromatic heterocycles. The summed E-state index contributed by atoms with van der Waals surface area (Å²) in [7, 11) is 1.61. The highest BCUT2D eigenvalue weighted by atomic mass is 16.7. The van der Waals surface area contributed by atoms with E-state index in [2.05, 4.69) is 0 Å². The Bertz CT molecular complexity index is 1160. The van der Waals surface area contributed by atoms with Gasteiger partial charge in [0.1, 0.15) is 11.2 Å². The summed E-state index contributed by atoms with van der Waals surface area (Å²) in [4.78, 5) is 34.9. The van der Waals surface area contributed by atoms with Gasteiger partial charge in [-0.1, -0.05) is 48.0 Å². The molecule has 162 valence electrons. The van der Waals surface area contributed by atoms with E-state index in [0.717, 1.165) is 22.6 Å². The largest absolute Gasteiger partial charge is 0.497 e. The van der Waals surface area contributed by atoms with E-state index in [1.807, 2.05) is 80.6 Å². The Hall–Kier alpha value is -3.64. The lowest BCUT2D eigenvalue weighted by molar-refractivity contribution is -0.128. The molecule has 0 bridgehead atoms. The van der Waals surface area contributed by atoms with Gasteiger partial charge in [-0.25, -0.2) is 9.96 Å². The molecule has 3 aromatic rings. The van der Waals surface area contributed by atoms with E-state index in [1.54, 1.807) is 24.3 Å². The number of hydrogen-bond acceptors (Lipinski definition) is 5. The van der Waals surface area contributed by atoms with Gasteiger partial charge in [0.15, 0.2) is 6.10 Å². The molecule has 3 aromatic carbocycles. The second-order valence-electron chi connectivity index (χ2n) is 8.42. The SMILES string of the molecule is COc1ccc([C@@H]2N(c3ccccc3)O[C@H]3C(=O)N(c4ccc(C)cc4)C(=O)[C@]23C)cc1. The van der Waals surface area contributed by atoms with Crippen molar-refractivity contribution in [1.29, 1.82) is 0 Å². The predicted molar refractivity (Wildman–Crippen MR) is 121 cm³/mol. The van der Waals surface area contributed by atoms with Gasteiger partial charge in [0.2, 0.25) is 5.91 Å². The number of hydroxylamine groups is 1. The van der Waals surface area contributed by atoms with Gasteiger partial charge in [0, 0.05) is 0 Å². The lowest BCUT2D eigenvalue weighted by Gasteiger charge is -2.32. The van der Waals surface area contributed by atoms with Crippen molar-refractivity contribution in [3.05, 3.63) is 90.0 Å². The third-order valence-corrected chi connectivity index (χ3v) is 6.41. The zero-order valence-corrected chi connectivity index (χ0v) is 18.2. The van der Waals surface area contributed by atoms with Crippen LogP contribution in [0.2, 0.25) is 0 Å². The Balaban J connectivity index is 1.62. The maximum atomic E-state index is 13.9. The van der Waals surface area contributed by atoms with Gasteiger partial charge in [-0.15, -0.1) is 0 Å². The van der Waals surface area contributed by atoms with Crippen molar-refractivity contribution >= 4 is 23.2 Å². The van der Waals surface area contributed by atoms with E-state index in [-0.39, 0.29) is 11.8 Å². The minimum atomic E-state index is -1.10. The van der Waals surface area contributed by atoms with Crippen molar-refractivity contribution < 1.29 is 19.2 Å². The van der Waals surface area contributed by atoms with Crippen molar-refractivity contribution in [3.63, 3.8) is 0 Å². The number of methoxy groups -OCH3 is 1. The standard InChI is InChI=1S/C26H24N2O4/c1-17-9-13-19(14-10-17)27-24(29)23-26(2,25(27)30)22(18-11-15-21(31-3)16-12-18)28(32-23)20-7-5-4-6-8-20/h4-16,22-23H,1-3H3/t22-,23-,26+/m0/s1. The van der Waals surface area contributed by atoms with E-state index < -0.39 is 17.6 Å². The molecule has 5 rings (SSSR count). The van der Waals surface area contributed by atoms with Crippen LogP contribution in [0.4, 0.5) is 11.4 Å². The number of rotatable bonds is 4. The van der Waals surface area contributed by atoms with E-state index in [4.69, 9.17) is 9.57 Å². The molecule has 0 aliphatic carbocycles. The Kier molecular flexibility index (Phi) is 4.75. The highest BCUT2D eigenvalue weighted by molar-refractivity contribution is 6.25. The van der Waals surface area contributed by atoms with Crippen molar-refractivity contribution in [2.75, 3.05) is 17.1 Å². The first-order chi connectivity index (χ1) is 15.4. The van der Waals surface area contributed by atoms with Crippen LogP contribution in [-0.4, -0.2) is 25.0 Å². The molecule has 2 saturated heterocycles. The minimum absolute atomic E-state index is 0.268. The van der Waals surface area contributed by atoms with Crippen LogP contribution < -0.4 is 14.7 Å². The third-order valence-electron chi connectivity index (χ3n) is 6.41. The third kappa shape index (κ3) is 2.91. The lowest BCUT2D eigenvalue weighted by Crippen LogP contribution is -2.41. The summed E-state index contributed by atoms with van der Waals surface area (Å²) in [5, 5.41) is 1.70. The lowest BCUT2D eigenvalue weighted by atomic mass is 9.76. The first-order valence-corrected chi connectivity index (χ1v) is 10.5. The molecule has 0 spiro atoms. The number of carbonyl (C=O) groups excluding carboxylic acids is 2. The number of ether oxygens (including phenoxy) is 1. The van der Waals surface area contributed by atoms with Crippen LogP contribution in [0.5, 0.6) is 5.75 Å². The number of imide groups is 1. The first-order valence-electron chi connectivity index (χ1n) is 10.5. The average molecular weight is 428 g/mol. The summed E-state index contributed by atoms with van der Waals surface area (Å²) < 4.78 is 5.30. The number of anilines is 2. The quantitative estimate of drug-likeness (QED) is 0.575. The molecule has 0 radical (unpaired) electrons. The van der Waals surface area contributed by atoms with Crippen molar-refractivity contribution in [2.45, 2.75) is 26.0 Å². The molecule has 2 aliphatic heterocycles. The van der Waals surface area contributed by atoms with Crippen LogP contribution in [0.3, 0.4) is 0 Å². The number of fused-ring (bicyclic) bond motifs is 1. The molecule has 0 unspecified atom stereocenters. The fraction of sp³-hybridized carbons (Fsp3) is 0.231. The number of amides is 2. The van der Waals surface area contributed by atoms with E-state index in [1.165, 1.54) is 4.90 Å². The van der Waals surface area contributed by atoms with Crippen LogP contribution in [0.25, 0.3) is 0 Å². The molecular weight excluding hydrogens is 404 g/mol. The van der Waals surface area contributed by atoms with Crippen LogP contribution in [0, 0.1) is 12.3 Å². The van der Waals surface area contributed by atoms with Gasteiger partial charge in [0.25, 0.3) is 5.91 Å². The zero-order chi connectivity index (χ0) is 22.5. The van der Waals surface area contributed by atoms with E-state index in [9.17, 15) is 9.59 Å². The van der Waals surface area contributed by atoms with Crippen LogP contribution in [-0.2, 0) is 14.4 Å². The zero-order valence-electron chi connectivity index (χ0n) is 18.2. The van der Waals surface area contributed by atoms with Crippen LogP contribution in [0.15, 0.2) is 78.9 Å². The number of hydrogen-bond donors (Lipinski definition) is 0. The molecule has 6 nitrogen and oxygen atoms in total. The Morgan fingerprint density at radius 3 is 2.16 bits per heavy atom. The first kappa shape index (κ1) is 20.3. The fourth-order valence-electron chi connectivity index (χ4n) is 4.65. The Morgan fingerprint density at radius 1 is 0.875 bits per heavy atom. The van der Waals surface area contributed by atoms with Gasteiger partial charge in [-0.3, -0.25) is 14.4 Å². The second-order valence-corrected chi connectivity index (χ2v) is 8.42.